The van der Waals surface area contributed by atoms with Gasteiger partial charge in [-0.05, 0) is 43.0 Å². The zero-order valence-corrected chi connectivity index (χ0v) is 14.4. The first-order valence-electron chi connectivity index (χ1n) is 8.22. The third-order valence-corrected chi connectivity index (χ3v) is 4.54. The van der Waals surface area contributed by atoms with Crippen LogP contribution in [-0.2, 0) is 10.4 Å². The molecule has 1 aliphatic heterocycles. The number of nitrogens with one attached hydrogen (secondary N) is 1. The molecule has 0 spiro atoms. The number of β-amino-alcohol motifs (C(OH)–C–C–N with tert-alkyl or cyclic N) is 1. The summed E-state index contributed by atoms with van der Waals surface area (Å²) in [6, 6.07) is 7.58. The number of rotatable bonds is 4. The number of amides is 1. The summed E-state index contributed by atoms with van der Waals surface area (Å²) in [7, 11) is 1.61. The number of likely N-dealkylation sites (tertiary alicyclic amines) is 1. The number of benzene rings is 1. The van der Waals surface area contributed by atoms with E-state index in [1.165, 1.54) is 6.20 Å². The van der Waals surface area contributed by atoms with E-state index in [1.54, 1.807) is 18.1 Å². The van der Waals surface area contributed by atoms with Crippen LogP contribution in [0.3, 0.4) is 0 Å². The van der Waals surface area contributed by atoms with Crippen LogP contribution < -0.4 is 4.74 Å². The van der Waals surface area contributed by atoms with Gasteiger partial charge in [-0.15, -0.1) is 0 Å². The van der Waals surface area contributed by atoms with E-state index in [1.807, 2.05) is 31.2 Å². The summed E-state index contributed by atoms with van der Waals surface area (Å²) < 4.78 is 5.22. The fraction of sp³-hybridized carbons (Fsp3) is 0.389. The molecule has 1 fully saturated rings. The number of aromatic amines is 1. The number of piperidine rings is 1. The lowest BCUT2D eigenvalue weighted by atomic mass is 9.90. The Morgan fingerprint density at radius 3 is 3.04 bits per heavy atom. The Kier molecular flexibility index (Phi) is 4.85. The van der Waals surface area contributed by atoms with Gasteiger partial charge in [0.1, 0.15) is 17.0 Å². The summed E-state index contributed by atoms with van der Waals surface area (Å²) in [6.07, 6.45) is 4.37. The van der Waals surface area contributed by atoms with Crippen LogP contribution in [0.5, 0.6) is 5.75 Å². The van der Waals surface area contributed by atoms with Crippen molar-refractivity contribution in [3.05, 3.63) is 47.8 Å². The summed E-state index contributed by atoms with van der Waals surface area (Å²) in [5, 5.41) is 21.1. The van der Waals surface area contributed by atoms with Crippen molar-refractivity contribution < 1.29 is 14.6 Å². The molecule has 1 aliphatic rings. The molecule has 3 rings (SSSR count). The van der Waals surface area contributed by atoms with E-state index in [2.05, 4.69) is 15.4 Å². The predicted molar refractivity (Wildman–Crippen MR) is 92.7 cm³/mol. The molecule has 1 amide bonds. The highest BCUT2D eigenvalue weighted by molar-refractivity contribution is 5.95. The van der Waals surface area contributed by atoms with E-state index in [0.29, 0.717) is 25.1 Å². The Morgan fingerprint density at radius 1 is 1.48 bits per heavy atom. The van der Waals surface area contributed by atoms with Gasteiger partial charge in [-0.3, -0.25) is 4.79 Å². The van der Waals surface area contributed by atoms with Crippen molar-refractivity contribution >= 4 is 11.5 Å². The third-order valence-electron chi connectivity index (χ3n) is 4.54. The molecular weight excluding hydrogens is 320 g/mol. The molecule has 2 N–H and O–H groups in total. The van der Waals surface area contributed by atoms with Crippen molar-refractivity contribution in [3.8, 4) is 5.75 Å². The van der Waals surface area contributed by atoms with E-state index in [0.717, 1.165) is 16.9 Å². The van der Waals surface area contributed by atoms with E-state index in [4.69, 9.17) is 4.74 Å². The van der Waals surface area contributed by atoms with Crippen LogP contribution in [-0.4, -0.2) is 51.5 Å². The standard InChI is InChI=1S/C18H22N4O3/c1-13(14-5-3-6-15(10-14)25-2)9-17(23)22-8-4-7-18(24,12-22)16-11-19-21-20-16/h3,5-6,9-11,24H,4,7-8,12H2,1-2H3,(H,19,20,21)/b13-9+. The number of aliphatic hydroxyl groups is 1. The van der Waals surface area contributed by atoms with E-state index in [9.17, 15) is 9.90 Å². The van der Waals surface area contributed by atoms with E-state index < -0.39 is 5.60 Å². The molecule has 7 nitrogen and oxygen atoms in total. The number of carbonyl (C=O) groups excluding carboxylic acids is 1. The minimum absolute atomic E-state index is 0.123. The Labute approximate surface area is 146 Å². The monoisotopic (exact) mass is 342 g/mol. The molecule has 0 saturated carbocycles. The molecule has 1 aromatic heterocycles. The lowest BCUT2D eigenvalue weighted by Crippen LogP contribution is -2.48. The van der Waals surface area contributed by atoms with Gasteiger partial charge in [-0.25, -0.2) is 0 Å². The largest absolute Gasteiger partial charge is 0.497 e. The molecule has 2 heterocycles. The van der Waals surface area contributed by atoms with Crippen LogP contribution in [0, 0.1) is 0 Å². The number of hydrogen-bond acceptors (Lipinski definition) is 5. The number of aromatic nitrogens is 3. The van der Waals surface area contributed by atoms with Gasteiger partial charge in [0.05, 0.1) is 19.9 Å². The summed E-state index contributed by atoms with van der Waals surface area (Å²) in [5.41, 5.74) is 1.09. The molecule has 132 valence electrons. The molecule has 0 aliphatic carbocycles. The average molecular weight is 342 g/mol. The predicted octanol–water partition coefficient (Wildman–Crippen LogP) is 1.73. The second-order valence-electron chi connectivity index (χ2n) is 6.31. The summed E-state index contributed by atoms with van der Waals surface area (Å²) in [6.45, 7) is 2.71. The van der Waals surface area contributed by atoms with Crippen LogP contribution in [0.1, 0.15) is 31.0 Å². The average Bonchev–Trinajstić information content (AvgIpc) is 3.17. The quantitative estimate of drug-likeness (QED) is 0.826. The summed E-state index contributed by atoms with van der Waals surface area (Å²) >= 11 is 0. The Morgan fingerprint density at radius 2 is 2.32 bits per heavy atom. The van der Waals surface area contributed by atoms with Gasteiger partial charge in [0.25, 0.3) is 0 Å². The fourth-order valence-electron chi connectivity index (χ4n) is 3.09. The van der Waals surface area contributed by atoms with Crippen molar-refractivity contribution in [1.82, 2.24) is 20.3 Å². The molecule has 1 aromatic carbocycles. The minimum atomic E-state index is -1.15. The summed E-state index contributed by atoms with van der Waals surface area (Å²) in [5.74, 6) is 0.623. The minimum Gasteiger partial charge on any atom is -0.497 e. The lowest BCUT2D eigenvalue weighted by molar-refractivity contribution is -0.133. The first-order valence-corrected chi connectivity index (χ1v) is 8.22. The number of hydrogen-bond donors (Lipinski definition) is 2. The maximum Gasteiger partial charge on any atom is 0.246 e. The number of H-pyrrole nitrogens is 1. The smallest absolute Gasteiger partial charge is 0.246 e. The first kappa shape index (κ1) is 17.2. The number of ether oxygens (including phenoxy) is 1. The fourth-order valence-corrected chi connectivity index (χ4v) is 3.09. The molecule has 0 bridgehead atoms. The zero-order chi connectivity index (χ0) is 17.9. The van der Waals surface area contributed by atoms with Crippen molar-refractivity contribution in [2.75, 3.05) is 20.2 Å². The van der Waals surface area contributed by atoms with Crippen LogP contribution in [0.15, 0.2) is 36.5 Å². The maximum absolute atomic E-state index is 12.7. The Hall–Kier alpha value is -2.67. The van der Waals surface area contributed by atoms with Gasteiger partial charge in [-0.2, -0.15) is 15.4 Å². The lowest BCUT2D eigenvalue weighted by Gasteiger charge is -2.37. The Balaban J connectivity index is 1.76. The van der Waals surface area contributed by atoms with Gasteiger partial charge in [0, 0.05) is 12.6 Å². The van der Waals surface area contributed by atoms with Crippen molar-refractivity contribution in [2.45, 2.75) is 25.4 Å². The van der Waals surface area contributed by atoms with Crippen LogP contribution in [0.25, 0.3) is 5.57 Å². The molecule has 1 atom stereocenters. The highest BCUT2D eigenvalue weighted by Crippen LogP contribution is 2.30. The number of carbonyl (C=O) groups is 1. The van der Waals surface area contributed by atoms with Crippen molar-refractivity contribution in [2.24, 2.45) is 0 Å². The van der Waals surface area contributed by atoms with Crippen LogP contribution in [0.2, 0.25) is 0 Å². The molecule has 1 unspecified atom stereocenters. The zero-order valence-electron chi connectivity index (χ0n) is 14.4. The molecular formula is C18H22N4O3. The maximum atomic E-state index is 12.7. The second kappa shape index (κ2) is 7.06. The van der Waals surface area contributed by atoms with E-state index >= 15 is 0 Å². The van der Waals surface area contributed by atoms with Gasteiger partial charge in [-0.1, -0.05) is 12.1 Å². The Bertz CT molecular complexity index is 772. The summed E-state index contributed by atoms with van der Waals surface area (Å²) in [4.78, 5) is 14.3. The molecule has 1 saturated heterocycles. The SMILES string of the molecule is COc1cccc(/C(C)=C/C(=O)N2CCCC(O)(c3cn[nH]n3)C2)c1. The second-order valence-corrected chi connectivity index (χ2v) is 6.31. The van der Waals surface area contributed by atoms with Crippen LogP contribution >= 0.6 is 0 Å². The molecule has 25 heavy (non-hydrogen) atoms. The van der Waals surface area contributed by atoms with Gasteiger partial charge in [0.2, 0.25) is 5.91 Å². The number of methoxy groups -OCH3 is 1. The molecule has 0 radical (unpaired) electrons. The van der Waals surface area contributed by atoms with E-state index in [-0.39, 0.29) is 12.5 Å². The highest BCUT2D eigenvalue weighted by atomic mass is 16.5. The van der Waals surface area contributed by atoms with Crippen molar-refractivity contribution in [1.29, 1.82) is 0 Å². The van der Waals surface area contributed by atoms with Gasteiger partial charge < -0.3 is 14.7 Å². The highest BCUT2D eigenvalue weighted by Gasteiger charge is 2.38. The third kappa shape index (κ3) is 3.71. The van der Waals surface area contributed by atoms with Crippen LogP contribution in [0.4, 0.5) is 0 Å². The number of nitrogens with zero attached hydrogens (tertiary/aromatic N) is 3. The van der Waals surface area contributed by atoms with Gasteiger partial charge >= 0.3 is 0 Å². The first-order chi connectivity index (χ1) is 12.0. The topological polar surface area (TPSA) is 91.3 Å². The van der Waals surface area contributed by atoms with Gasteiger partial charge in [0.15, 0.2) is 0 Å². The molecule has 2 aromatic rings. The molecule has 7 heteroatoms. The van der Waals surface area contributed by atoms with Crippen molar-refractivity contribution in [3.63, 3.8) is 0 Å². The normalized spacial score (nSPS) is 21.2. The number of allylic oxidation sites excluding steroid dienone is 1.